The lowest BCUT2D eigenvalue weighted by atomic mass is 10.00. The SMILES string of the molecule is Cc1ccc(C[C@@H](C)N2CCC(n3nccc3NC(=O)CCOc3ccccc3)CC2)cc1. The van der Waals surface area contributed by atoms with Crippen LogP contribution in [0.4, 0.5) is 5.82 Å². The van der Waals surface area contributed by atoms with Gasteiger partial charge in [-0.3, -0.25) is 4.79 Å². The molecule has 1 aliphatic heterocycles. The van der Waals surface area contributed by atoms with Gasteiger partial charge < -0.3 is 15.0 Å². The van der Waals surface area contributed by atoms with E-state index in [1.54, 1.807) is 6.20 Å². The number of carbonyl (C=O) groups excluding carboxylic acids is 1. The second-order valence-electron chi connectivity index (χ2n) is 8.93. The third-order valence-electron chi connectivity index (χ3n) is 6.40. The van der Waals surface area contributed by atoms with Crippen molar-refractivity contribution in [2.75, 3.05) is 25.0 Å². The largest absolute Gasteiger partial charge is 0.493 e. The first kappa shape index (κ1) is 23.1. The fraction of sp³-hybridized carbons (Fsp3) is 0.407. The Morgan fingerprint density at radius 1 is 1.09 bits per heavy atom. The van der Waals surface area contributed by atoms with Gasteiger partial charge in [-0.25, -0.2) is 4.68 Å². The standard InChI is InChI=1S/C27H34N4O2/c1-21-8-10-23(11-9-21)20-22(2)30-17-13-24(14-18-30)31-26(12-16-28-31)29-27(32)15-19-33-25-6-4-3-5-7-25/h3-12,16,22,24H,13-15,17-20H2,1-2H3,(H,29,32)/t22-/m1/s1. The summed E-state index contributed by atoms with van der Waals surface area (Å²) < 4.78 is 7.62. The summed E-state index contributed by atoms with van der Waals surface area (Å²) in [5.41, 5.74) is 2.70. The van der Waals surface area contributed by atoms with Crippen LogP contribution < -0.4 is 10.1 Å². The molecule has 1 N–H and O–H groups in total. The van der Waals surface area contributed by atoms with Gasteiger partial charge in [0.1, 0.15) is 11.6 Å². The van der Waals surface area contributed by atoms with Crippen LogP contribution >= 0.6 is 0 Å². The van der Waals surface area contributed by atoms with Crippen LogP contribution in [-0.2, 0) is 11.2 Å². The number of aromatic nitrogens is 2. The lowest BCUT2D eigenvalue weighted by Crippen LogP contribution is -2.41. The highest BCUT2D eigenvalue weighted by atomic mass is 16.5. The minimum absolute atomic E-state index is 0.0585. The molecule has 1 saturated heterocycles. The molecule has 1 aromatic heterocycles. The molecule has 0 bridgehead atoms. The van der Waals surface area contributed by atoms with Crippen molar-refractivity contribution in [2.24, 2.45) is 0 Å². The number of hydrogen-bond acceptors (Lipinski definition) is 4. The first-order valence-corrected chi connectivity index (χ1v) is 11.9. The zero-order valence-corrected chi connectivity index (χ0v) is 19.6. The first-order valence-electron chi connectivity index (χ1n) is 11.9. The van der Waals surface area contributed by atoms with Gasteiger partial charge in [0.25, 0.3) is 0 Å². The third kappa shape index (κ3) is 6.45. The molecular formula is C27H34N4O2. The Bertz CT molecular complexity index is 1010. The Morgan fingerprint density at radius 3 is 2.55 bits per heavy atom. The molecule has 3 aromatic rings. The van der Waals surface area contributed by atoms with Gasteiger partial charge in [-0.1, -0.05) is 48.0 Å². The minimum atomic E-state index is -0.0585. The molecule has 2 heterocycles. The Morgan fingerprint density at radius 2 is 1.82 bits per heavy atom. The molecule has 0 radical (unpaired) electrons. The average Bonchev–Trinajstić information content (AvgIpc) is 3.29. The highest BCUT2D eigenvalue weighted by molar-refractivity contribution is 5.89. The Labute approximate surface area is 196 Å². The highest BCUT2D eigenvalue weighted by Crippen LogP contribution is 2.27. The number of likely N-dealkylation sites (tertiary alicyclic amines) is 1. The van der Waals surface area contributed by atoms with Crippen molar-refractivity contribution in [1.29, 1.82) is 0 Å². The number of amides is 1. The number of rotatable bonds is 9. The summed E-state index contributed by atoms with van der Waals surface area (Å²) in [7, 11) is 0. The molecule has 0 aliphatic carbocycles. The molecule has 174 valence electrons. The van der Waals surface area contributed by atoms with Crippen molar-refractivity contribution in [3.05, 3.63) is 78.0 Å². The number of aryl methyl sites for hydroxylation is 1. The summed E-state index contributed by atoms with van der Waals surface area (Å²) in [5, 5.41) is 7.53. The van der Waals surface area contributed by atoms with E-state index in [9.17, 15) is 4.79 Å². The quantitative estimate of drug-likeness (QED) is 0.510. The van der Waals surface area contributed by atoms with Crippen molar-refractivity contribution < 1.29 is 9.53 Å². The predicted molar refractivity (Wildman–Crippen MR) is 132 cm³/mol. The zero-order chi connectivity index (χ0) is 23.0. The number of ether oxygens (including phenoxy) is 1. The van der Waals surface area contributed by atoms with E-state index in [1.165, 1.54) is 11.1 Å². The fourth-order valence-electron chi connectivity index (χ4n) is 4.45. The summed E-state index contributed by atoms with van der Waals surface area (Å²) in [5.74, 6) is 1.49. The van der Waals surface area contributed by atoms with Gasteiger partial charge in [-0.2, -0.15) is 5.10 Å². The molecule has 2 aromatic carbocycles. The van der Waals surface area contributed by atoms with Crippen molar-refractivity contribution in [3.63, 3.8) is 0 Å². The van der Waals surface area contributed by atoms with Gasteiger partial charge >= 0.3 is 0 Å². The zero-order valence-electron chi connectivity index (χ0n) is 19.6. The maximum Gasteiger partial charge on any atom is 0.228 e. The van der Waals surface area contributed by atoms with Crippen LogP contribution in [0.2, 0.25) is 0 Å². The van der Waals surface area contributed by atoms with Gasteiger partial charge in [-0.15, -0.1) is 0 Å². The second-order valence-corrected chi connectivity index (χ2v) is 8.93. The van der Waals surface area contributed by atoms with E-state index >= 15 is 0 Å². The highest BCUT2D eigenvalue weighted by Gasteiger charge is 2.25. The summed E-state index contributed by atoms with van der Waals surface area (Å²) in [6, 6.07) is 21.1. The first-order chi connectivity index (χ1) is 16.1. The average molecular weight is 447 g/mol. The number of piperidine rings is 1. The van der Waals surface area contributed by atoms with Crippen molar-refractivity contribution >= 4 is 11.7 Å². The van der Waals surface area contributed by atoms with Crippen molar-refractivity contribution in [2.45, 2.75) is 51.6 Å². The van der Waals surface area contributed by atoms with Crippen LogP contribution in [0.15, 0.2) is 66.9 Å². The van der Waals surface area contributed by atoms with Gasteiger partial charge in [0.2, 0.25) is 5.91 Å². The van der Waals surface area contributed by atoms with E-state index in [4.69, 9.17) is 4.74 Å². The molecule has 1 atom stereocenters. The molecule has 1 fully saturated rings. The maximum absolute atomic E-state index is 12.4. The smallest absolute Gasteiger partial charge is 0.228 e. The lowest BCUT2D eigenvalue weighted by molar-refractivity contribution is -0.116. The number of nitrogens with one attached hydrogen (secondary N) is 1. The van der Waals surface area contributed by atoms with Gasteiger partial charge in [0.05, 0.1) is 25.3 Å². The topological polar surface area (TPSA) is 59.4 Å². The summed E-state index contributed by atoms with van der Waals surface area (Å²) in [6.45, 7) is 6.87. The summed E-state index contributed by atoms with van der Waals surface area (Å²) in [4.78, 5) is 15.0. The molecule has 6 heteroatoms. The van der Waals surface area contributed by atoms with Crippen molar-refractivity contribution in [1.82, 2.24) is 14.7 Å². The normalized spacial score (nSPS) is 15.8. The molecule has 0 saturated carbocycles. The molecule has 0 unspecified atom stereocenters. The number of nitrogens with zero attached hydrogens (tertiary/aromatic N) is 3. The van der Waals surface area contributed by atoms with Crippen LogP contribution in [0.3, 0.4) is 0 Å². The van der Waals surface area contributed by atoms with Crippen LogP contribution in [0, 0.1) is 6.92 Å². The molecular weight excluding hydrogens is 412 g/mol. The van der Waals surface area contributed by atoms with Crippen LogP contribution in [0.5, 0.6) is 5.75 Å². The third-order valence-corrected chi connectivity index (χ3v) is 6.40. The van der Waals surface area contributed by atoms with Gasteiger partial charge in [-0.05, 0) is 50.8 Å². The monoisotopic (exact) mass is 446 g/mol. The number of carbonyl (C=O) groups is 1. The molecule has 1 amide bonds. The maximum atomic E-state index is 12.4. The number of para-hydroxylation sites is 1. The molecule has 33 heavy (non-hydrogen) atoms. The van der Waals surface area contributed by atoms with E-state index in [-0.39, 0.29) is 5.91 Å². The second kappa shape index (κ2) is 11.1. The number of anilines is 1. The molecule has 0 spiro atoms. The Hall–Kier alpha value is -3.12. The van der Waals surface area contributed by atoms with Crippen LogP contribution in [-0.4, -0.2) is 46.3 Å². The molecule has 1 aliphatic rings. The van der Waals surface area contributed by atoms with E-state index in [2.05, 4.69) is 53.4 Å². The van der Waals surface area contributed by atoms with E-state index in [0.29, 0.717) is 25.1 Å². The van der Waals surface area contributed by atoms with E-state index < -0.39 is 0 Å². The Kier molecular flexibility index (Phi) is 7.79. The van der Waals surface area contributed by atoms with Crippen molar-refractivity contribution in [3.8, 4) is 5.75 Å². The van der Waals surface area contributed by atoms with Crippen LogP contribution in [0.1, 0.15) is 43.4 Å². The summed E-state index contributed by atoms with van der Waals surface area (Å²) in [6.07, 6.45) is 5.19. The lowest BCUT2D eigenvalue weighted by Gasteiger charge is -2.36. The van der Waals surface area contributed by atoms with Crippen LogP contribution in [0.25, 0.3) is 0 Å². The fourth-order valence-corrected chi connectivity index (χ4v) is 4.45. The number of hydrogen-bond donors (Lipinski definition) is 1. The molecule has 4 rings (SSSR count). The summed E-state index contributed by atoms with van der Waals surface area (Å²) >= 11 is 0. The number of benzene rings is 2. The predicted octanol–water partition coefficient (Wildman–Crippen LogP) is 4.87. The van der Waals surface area contributed by atoms with Gasteiger partial charge in [0.15, 0.2) is 0 Å². The van der Waals surface area contributed by atoms with Gasteiger partial charge in [0, 0.05) is 25.2 Å². The molecule has 6 nitrogen and oxygen atoms in total. The van der Waals surface area contributed by atoms with E-state index in [0.717, 1.165) is 43.9 Å². The minimum Gasteiger partial charge on any atom is -0.493 e. The van der Waals surface area contributed by atoms with E-state index in [1.807, 2.05) is 41.1 Å². The Balaban J connectivity index is 1.24.